The lowest BCUT2D eigenvalue weighted by Gasteiger charge is -2.07. The Labute approximate surface area is 152 Å². The standard InChI is InChI=1S/C22H31NO2/c1-3-4-5-6-7-8-9-10-11-12-17-25-22(24)19(2)21-15-13-20(18-23)14-16-21/h13-16H,2-12,17H2,1H3. The molecule has 0 aliphatic heterocycles. The predicted molar refractivity (Wildman–Crippen MR) is 103 cm³/mol. The third-order valence-electron chi connectivity index (χ3n) is 4.34. The number of nitrogens with zero attached hydrogens (tertiary/aromatic N) is 1. The lowest BCUT2D eigenvalue weighted by atomic mass is 10.1. The summed E-state index contributed by atoms with van der Waals surface area (Å²) in [6.07, 6.45) is 12.6. The zero-order chi connectivity index (χ0) is 18.3. The molecule has 0 saturated heterocycles. The summed E-state index contributed by atoms with van der Waals surface area (Å²) in [4.78, 5) is 12.0. The number of unbranched alkanes of at least 4 members (excludes halogenated alkanes) is 9. The molecule has 0 spiro atoms. The third kappa shape index (κ3) is 9.10. The molecule has 25 heavy (non-hydrogen) atoms. The van der Waals surface area contributed by atoms with E-state index in [1.54, 1.807) is 24.3 Å². The first-order chi connectivity index (χ1) is 12.2. The number of rotatable bonds is 13. The Balaban J connectivity index is 2.06. The van der Waals surface area contributed by atoms with Crippen molar-refractivity contribution in [3.8, 4) is 6.07 Å². The molecule has 0 aliphatic carbocycles. The van der Waals surface area contributed by atoms with Crippen LogP contribution in [0.5, 0.6) is 0 Å². The zero-order valence-corrected chi connectivity index (χ0v) is 15.6. The van der Waals surface area contributed by atoms with Gasteiger partial charge in [-0.2, -0.15) is 5.26 Å². The van der Waals surface area contributed by atoms with Crippen molar-refractivity contribution in [3.63, 3.8) is 0 Å². The van der Waals surface area contributed by atoms with E-state index in [-0.39, 0.29) is 5.97 Å². The smallest absolute Gasteiger partial charge is 0.338 e. The quantitative estimate of drug-likeness (QED) is 0.250. The summed E-state index contributed by atoms with van der Waals surface area (Å²) in [5.41, 5.74) is 1.61. The zero-order valence-electron chi connectivity index (χ0n) is 15.6. The van der Waals surface area contributed by atoms with Gasteiger partial charge in [-0.05, 0) is 24.1 Å². The van der Waals surface area contributed by atoms with Crippen LogP contribution in [0.25, 0.3) is 5.57 Å². The largest absolute Gasteiger partial charge is 0.462 e. The molecule has 0 unspecified atom stereocenters. The molecule has 1 aromatic rings. The molecule has 0 atom stereocenters. The summed E-state index contributed by atoms with van der Waals surface area (Å²) < 4.78 is 5.28. The lowest BCUT2D eigenvalue weighted by Crippen LogP contribution is -2.07. The molecule has 0 radical (unpaired) electrons. The SMILES string of the molecule is C=C(C(=O)OCCCCCCCCCCCC)c1ccc(C#N)cc1. The first-order valence-corrected chi connectivity index (χ1v) is 9.55. The molecule has 0 aromatic heterocycles. The normalized spacial score (nSPS) is 10.2. The topological polar surface area (TPSA) is 50.1 Å². The molecule has 0 N–H and O–H groups in total. The number of hydrogen-bond acceptors (Lipinski definition) is 3. The number of carbonyl (C=O) groups is 1. The Bertz CT molecular complexity index is 554. The highest BCUT2D eigenvalue weighted by Crippen LogP contribution is 2.15. The van der Waals surface area contributed by atoms with Crippen molar-refractivity contribution in [2.75, 3.05) is 6.61 Å². The van der Waals surface area contributed by atoms with Crippen molar-refractivity contribution in [1.29, 1.82) is 5.26 Å². The van der Waals surface area contributed by atoms with Crippen LogP contribution in [0.15, 0.2) is 30.8 Å². The predicted octanol–water partition coefficient (Wildman–Crippen LogP) is 6.04. The van der Waals surface area contributed by atoms with Crippen LogP contribution in [0.3, 0.4) is 0 Å². The molecular weight excluding hydrogens is 310 g/mol. The second kappa shape index (κ2) is 13.2. The van der Waals surface area contributed by atoms with Crippen molar-refractivity contribution >= 4 is 11.5 Å². The van der Waals surface area contributed by atoms with Gasteiger partial charge in [0.15, 0.2) is 0 Å². The summed E-state index contributed by atoms with van der Waals surface area (Å²) in [7, 11) is 0. The monoisotopic (exact) mass is 341 g/mol. The second-order valence-electron chi connectivity index (χ2n) is 6.49. The lowest BCUT2D eigenvalue weighted by molar-refractivity contribution is -0.136. The molecule has 1 aromatic carbocycles. The van der Waals surface area contributed by atoms with Crippen LogP contribution in [0.1, 0.15) is 82.3 Å². The van der Waals surface area contributed by atoms with Crippen molar-refractivity contribution in [3.05, 3.63) is 42.0 Å². The van der Waals surface area contributed by atoms with Gasteiger partial charge >= 0.3 is 5.97 Å². The van der Waals surface area contributed by atoms with Gasteiger partial charge in [-0.1, -0.05) is 83.4 Å². The number of ether oxygens (including phenoxy) is 1. The minimum Gasteiger partial charge on any atom is -0.462 e. The van der Waals surface area contributed by atoms with Gasteiger partial charge in [0.25, 0.3) is 0 Å². The van der Waals surface area contributed by atoms with E-state index in [0.717, 1.165) is 12.8 Å². The Kier molecular flexibility index (Phi) is 11.1. The third-order valence-corrected chi connectivity index (χ3v) is 4.34. The molecular formula is C22H31NO2. The van der Waals surface area contributed by atoms with E-state index < -0.39 is 0 Å². The van der Waals surface area contributed by atoms with Crippen LogP contribution >= 0.6 is 0 Å². The highest BCUT2D eigenvalue weighted by Gasteiger charge is 2.10. The van der Waals surface area contributed by atoms with Gasteiger partial charge in [0.1, 0.15) is 0 Å². The van der Waals surface area contributed by atoms with E-state index in [9.17, 15) is 4.79 Å². The summed E-state index contributed by atoms with van der Waals surface area (Å²) in [5, 5.41) is 8.78. The fourth-order valence-electron chi connectivity index (χ4n) is 2.71. The van der Waals surface area contributed by atoms with Gasteiger partial charge in [0.05, 0.1) is 23.8 Å². The van der Waals surface area contributed by atoms with Crippen LogP contribution in [0, 0.1) is 11.3 Å². The fourth-order valence-corrected chi connectivity index (χ4v) is 2.71. The van der Waals surface area contributed by atoms with Crippen LogP contribution < -0.4 is 0 Å². The first-order valence-electron chi connectivity index (χ1n) is 9.55. The molecule has 1 rings (SSSR count). The summed E-state index contributed by atoms with van der Waals surface area (Å²) in [6, 6.07) is 8.85. The maximum atomic E-state index is 12.0. The van der Waals surface area contributed by atoms with E-state index in [4.69, 9.17) is 10.00 Å². The highest BCUT2D eigenvalue weighted by atomic mass is 16.5. The van der Waals surface area contributed by atoms with Gasteiger partial charge in [-0.15, -0.1) is 0 Å². The summed E-state index contributed by atoms with van der Waals surface area (Å²) in [6.45, 7) is 6.48. The number of nitriles is 1. The Morgan fingerprint density at radius 2 is 1.48 bits per heavy atom. The van der Waals surface area contributed by atoms with Crippen molar-refractivity contribution < 1.29 is 9.53 Å². The van der Waals surface area contributed by atoms with E-state index in [0.29, 0.717) is 23.3 Å². The Hall–Kier alpha value is -2.08. The van der Waals surface area contributed by atoms with E-state index in [1.807, 2.05) is 0 Å². The molecule has 0 bridgehead atoms. The molecule has 3 nitrogen and oxygen atoms in total. The van der Waals surface area contributed by atoms with Crippen molar-refractivity contribution in [2.24, 2.45) is 0 Å². The average molecular weight is 341 g/mol. The minimum atomic E-state index is -0.374. The summed E-state index contributed by atoms with van der Waals surface area (Å²) >= 11 is 0. The van der Waals surface area contributed by atoms with Crippen molar-refractivity contribution in [1.82, 2.24) is 0 Å². The molecule has 136 valence electrons. The molecule has 0 fully saturated rings. The summed E-state index contributed by atoms with van der Waals surface area (Å²) in [5.74, 6) is -0.374. The van der Waals surface area contributed by atoms with Crippen molar-refractivity contribution in [2.45, 2.75) is 71.1 Å². The number of benzene rings is 1. The molecule has 0 heterocycles. The van der Waals surface area contributed by atoms with Gasteiger partial charge in [0, 0.05) is 0 Å². The van der Waals surface area contributed by atoms with Gasteiger partial charge < -0.3 is 4.74 Å². The minimum absolute atomic E-state index is 0.344. The molecule has 0 amide bonds. The Morgan fingerprint density at radius 1 is 0.960 bits per heavy atom. The first kappa shape index (κ1) is 21.0. The van der Waals surface area contributed by atoms with E-state index in [1.165, 1.54) is 51.4 Å². The average Bonchev–Trinajstić information content (AvgIpc) is 2.65. The highest BCUT2D eigenvalue weighted by molar-refractivity contribution is 6.15. The van der Waals surface area contributed by atoms with Crippen LogP contribution in [-0.2, 0) is 9.53 Å². The molecule has 0 saturated carbocycles. The van der Waals surface area contributed by atoms with Crippen LogP contribution in [0.4, 0.5) is 0 Å². The van der Waals surface area contributed by atoms with Crippen LogP contribution in [-0.4, -0.2) is 12.6 Å². The van der Waals surface area contributed by atoms with Crippen LogP contribution in [0.2, 0.25) is 0 Å². The van der Waals surface area contributed by atoms with Gasteiger partial charge in [-0.3, -0.25) is 0 Å². The van der Waals surface area contributed by atoms with E-state index in [2.05, 4.69) is 19.6 Å². The number of hydrogen-bond donors (Lipinski definition) is 0. The second-order valence-corrected chi connectivity index (χ2v) is 6.49. The van der Waals surface area contributed by atoms with Gasteiger partial charge in [-0.25, -0.2) is 4.79 Å². The number of esters is 1. The Morgan fingerprint density at radius 3 is 2.00 bits per heavy atom. The maximum Gasteiger partial charge on any atom is 0.338 e. The van der Waals surface area contributed by atoms with Gasteiger partial charge in [0.2, 0.25) is 0 Å². The number of carbonyl (C=O) groups excluding carboxylic acids is 1. The fraction of sp³-hybridized carbons (Fsp3) is 0.545. The maximum absolute atomic E-state index is 12.0. The molecule has 0 aliphatic rings. The molecule has 3 heteroatoms. The van der Waals surface area contributed by atoms with E-state index >= 15 is 0 Å².